The second-order valence-electron chi connectivity index (χ2n) is 8.37. The lowest BCUT2D eigenvalue weighted by Gasteiger charge is -2.10. The van der Waals surface area contributed by atoms with Gasteiger partial charge in [0, 0.05) is 28.8 Å². The maximum absolute atomic E-state index is 12.7. The van der Waals surface area contributed by atoms with Gasteiger partial charge in [0.2, 0.25) is 0 Å². The Balaban J connectivity index is 1.44. The topological polar surface area (TPSA) is 96.2 Å². The molecule has 0 aliphatic heterocycles. The average molecular weight is 416 g/mol. The number of nitrogens with zero attached hydrogens (tertiary/aromatic N) is 2. The largest absolute Gasteiger partial charge is 0.507 e. The molecule has 0 radical (unpaired) electrons. The molecule has 7 nitrogen and oxygen atoms in total. The van der Waals surface area contributed by atoms with E-state index in [2.05, 4.69) is 15.7 Å². The van der Waals surface area contributed by atoms with E-state index in [0.29, 0.717) is 28.4 Å². The summed E-state index contributed by atoms with van der Waals surface area (Å²) in [6, 6.07) is 14.1. The number of hydrogen-bond donors (Lipinski definition) is 3. The summed E-state index contributed by atoms with van der Waals surface area (Å²) in [7, 11) is 0. The zero-order valence-electron chi connectivity index (χ0n) is 17.3. The van der Waals surface area contributed by atoms with Crippen molar-refractivity contribution in [2.24, 2.45) is 0 Å². The van der Waals surface area contributed by atoms with Crippen LogP contribution in [0.4, 0.5) is 10.5 Å². The van der Waals surface area contributed by atoms with Crippen molar-refractivity contribution >= 4 is 17.6 Å². The maximum Gasteiger partial charge on any atom is 0.342 e. The van der Waals surface area contributed by atoms with Crippen molar-refractivity contribution in [3.63, 3.8) is 0 Å². The van der Waals surface area contributed by atoms with Crippen molar-refractivity contribution in [3.05, 3.63) is 65.4 Å². The van der Waals surface area contributed by atoms with E-state index in [4.69, 9.17) is 0 Å². The van der Waals surface area contributed by atoms with Gasteiger partial charge in [-0.1, -0.05) is 18.2 Å². The molecule has 1 aromatic heterocycles. The van der Waals surface area contributed by atoms with Crippen LogP contribution in [0.15, 0.2) is 48.5 Å². The van der Waals surface area contributed by atoms with Crippen molar-refractivity contribution in [1.82, 2.24) is 15.1 Å². The predicted molar refractivity (Wildman–Crippen MR) is 117 cm³/mol. The second-order valence-corrected chi connectivity index (χ2v) is 8.37. The molecule has 0 atom stereocenters. The molecule has 0 saturated heterocycles. The first-order valence-corrected chi connectivity index (χ1v) is 10.6. The molecule has 158 valence electrons. The summed E-state index contributed by atoms with van der Waals surface area (Å²) in [6.07, 6.45) is 4.06. The fourth-order valence-corrected chi connectivity index (χ4v) is 3.67. The number of carbonyl (C=O) groups excluding carboxylic acids is 2. The van der Waals surface area contributed by atoms with Gasteiger partial charge in [0.15, 0.2) is 0 Å². The number of aromatic nitrogens is 2. The zero-order chi connectivity index (χ0) is 21.5. The highest BCUT2D eigenvalue weighted by atomic mass is 16.3. The van der Waals surface area contributed by atoms with E-state index in [9.17, 15) is 14.7 Å². The van der Waals surface area contributed by atoms with Crippen molar-refractivity contribution in [2.45, 2.75) is 44.6 Å². The van der Waals surface area contributed by atoms with Crippen LogP contribution in [0.25, 0.3) is 11.3 Å². The number of carbonyl (C=O) groups is 2. The maximum atomic E-state index is 12.7. The molecule has 0 bridgehead atoms. The summed E-state index contributed by atoms with van der Waals surface area (Å²) >= 11 is 0. The van der Waals surface area contributed by atoms with Crippen LogP contribution in [0, 0.1) is 6.92 Å². The molecule has 3 aromatic rings. The lowest BCUT2D eigenvalue weighted by molar-refractivity contribution is 0.102. The number of anilines is 1. The van der Waals surface area contributed by atoms with Gasteiger partial charge in [0.25, 0.3) is 5.91 Å². The van der Waals surface area contributed by atoms with E-state index < -0.39 is 0 Å². The van der Waals surface area contributed by atoms with Crippen molar-refractivity contribution < 1.29 is 14.7 Å². The molecule has 0 unspecified atom stereocenters. The number of rotatable bonds is 5. The van der Waals surface area contributed by atoms with Gasteiger partial charge in [-0.25, -0.2) is 4.79 Å². The molecule has 0 spiro atoms. The van der Waals surface area contributed by atoms with E-state index in [1.165, 1.54) is 10.7 Å². The third-order valence-corrected chi connectivity index (χ3v) is 5.75. The van der Waals surface area contributed by atoms with Crippen LogP contribution in [0.3, 0.4) is 0 Å². The van der Waals surface area contributed by atoms with Crippen molar-refractivity contribution in [2.75, 3.05) is 5.32 Å². The van der Waals surface area contributed by atoms with Gasteiger partial charge in [-0.05, 0) is 68.5 Å². The monoisotopic (exact) mass is 416 g/mol. The highest BCUT2D eigenvalue weighted by molar-refractivity contribution is 6.05. The molecule has 31 heavy (non-hydrogen) atoms. The number of amides is 2. The fraction of sp³-hybridized carbons (Fsp3) is 0.292. The number of phenolic OH excluding ortho intramolecular Hbond substituents is 1. The van der Waals surface area contributed by atoms with Gasteiger partial charge < -0.3 is 15.7 Å². The van der Waals surface area contributed by atoms with Crippen LogP contribution < -0.4 is 10.6 Å². The van der Waals surface area contributed by atoms with Crippen LogP contribution >= 0.6 is 0 Å². The van der Waals surface area contributed by atoms with Crippen LogP contribution in [0.1, 0.15) is 53.2 Å². The summed E-state index contributed by atoms with van der Waals surface area (Å²) < 4.78 is 1.43. The molecular weight excluding hydrogens is 392 g/mol. The third kappa shape index (κ3) is 4.03. The Morgan fingerprint density at radius 1 is 1.06 bits per heavy atom. The Morgan fingerprint density at radius 2 is 1.84 bits per heavy atom. The number of nitrogens with one attached hydrogen (secondary N) is 2. The van der Waals surface area contributed by atoms with E-state index in [-0.39, 0.29) is 23.7 Å². The molecule has 2 saturated carbocycles. The van der Waals surface area contributed by atoms with Crippen LogP contribution in [0.5, 0.6) is 5.75 Å². The quantitative estimate of drug-likeness (QED) is 0.537. The Bertz CT molecular complexity index is 1180. The SMILES string of the molecule is Cc1ccccc1C(=O)Nc1ccc(O)c(-c2cc(C3CC3)n(C(=O)NC3CC3)n2)c1. The molecule has 1 heterocycles. The molecule has 2 aromatic carbocycles. The van der Waals surface area contributed by atoms with Gasteiger partial charge in [0.05, 0.1) is 11.4 Å². The Hall–Kier alpha value is -3.61. The van der Waals surface area contributed by atoms with Gasteiger partial charge >= 0.3 is 6.03 Å². The van der Waals surface area contributed by atoms with Crippen LogP contribution in [0.2, 0.25) is 0 Å². The summed E-state index contributed by atoms with van der Waals surface area (Å²) in [6.45, 7) is 1.88. The minimum absolute atomic E-state index is 0.0449. The first-order chi connectivity index (χ1) is 15.0. The van der Waals surface area contributed by atoms with Crippen LogP contribution in [-0.2, 0) is 0 Å². The second kappa shape index (κ2) is 7.58. The van der Waals surface area contributed by atoms with Crippen molar-refractivity contribution in [1.29, 1.82) is 0 Å². The standard InChI is InChI=1S/C24H24N4O3/c1-14-4-2-3-5-18(14)23(30)25-17-10-11-22(29)19(12-17)20-13-21(15-6-7-15)28(27-20)24(31)26-16-8-9-16/h2-5,10-13,15-16,29H,6-9H2,1H3,(H,25,30)(H,26,31). The highest BCUT2D eigenvalue weighted by Gasteiger charge is 2.32. The number of phenols is 1. The van der Waals surface area contributed by atoms with Gasteiger partial charge in [-0.3, -0.25) is 4.79 Å². The Labute approximate surface area is 180 Å². The molecular formula is C24H24N4O3. The van der Waals surface area contributed by atoms with E-state index in [1.54, 1.807) is 18.2 Å². The van der Waals surface area contributed by atoms with Gasteiger partial charge in [-0.2, -0.15) is 9.78 Å². The molecule has 2 fully saturated rings. The van der Waals surface area contributed by atoms with Crippen molar-refractivity contribution in [3.8, 4) is 17.0 Å². The summed E-state index contributed by atoms with van der Waals surface area (Å²) in [5, 5.41) is 20.8. The zero-order valence-corrected chi connectivity index (χ0v) is 17.3. The molecule has 3 N–H and O–H groups in total. The highest BCUT2D eigenvalue weighted by Crippen LogP contribution is 2.42. The average Bonchev–Trinajstić information content (AvgIpc) is 3.69. The van der Waals surface area contributed by atoms with E-state index >= 15 is 0 Å². The van der Waals surface area contributed by atoms with E-state index in [1.807, 2.05) is 31.2 Å². The molecule has 5 rings (SSSR count). The molecule has 2 aliphatic carbocycles. The van der Waals surface area contributed by atoms with Gasteiger partial charge in [0.1, 0.15) is 5.75 Å². The first kappa shape index (κ1) is 19.4. The summed E-state index contributed by atoms with van der Waals surface area (Å²) in [4.78, 5) is 25.3. The minimum Gasteiger partial charge on any atom is -0.507 e. The number of aromatic hydroxyl groups is 1. The number of aryl methyl sites for hydroxylation is 1. The predicted octanol–water partition coefficient (Wildman–Crippen LogP) is 4.41. The van der Waals surface area contributed by atoms with E-state index in [0.717, 1.165) is 36.9 Å². The minimum atomic E-state index is -0.223. The lowest BCUT2D eigenvalue weighted by Crippen LogP contribution is -2.32. The fourth-order valence-electron chi connectivity index (χ4n) is 3.67. The molecule has 2 aliphatic rings. The molecule has 7 heteroatoms. The number of benzene rings is 2. The Kier molecular flexibility index (Phi) is 4.73. The lowest BCUT2D eigenvalue weighted by atomic mass is 10.1. The molecule has 2 amide bonds. The number of hydrogen-bond acceptors (Lipinski definition) is 4. The summed E-state index contributed by atoms with van der Waals surface area (Å²) in [5.74, 6) is 0.142. The first-order valence-electron chi connectivity index (χ1n) is 10.6. The Morgan fingerprint density at radius 3 is 2.55 bits per heavy atom. The summed E-state index contributed by atoms with van der Waals surface area (Å²) in [5.41, 5.74) is 3.87. The van der Waals surface area contributed by atoms with Crippen LogP contribution in [-0.4, -0.2) is 32.9 Å². The smallest absolute Gasteiger partial charge is 0.342 e. The van der Waals surface area contributed by atoms with Gasteiger partial charge in [-0.15, -0.1) is 0 Å². The normalized spacial score (nSPS) is 15.5. The third-order valence-electron chi connectivity index (χ3n) is 5.75.